The van der Waals surface area contributed by atoms with Gasteiger partial charge in [-0.25, -0.2) is 28.7 Å². The van der Waals surface area contributed by atoms with Crippen molar-refractivity contribution in [1.82, 2.24) is 35.1 Å². The molecule has 0 aliphatic carbocycles. The Bertz CT molecular complexity index is 1870. The van der Waals surface area contributed by atoms with E-state index in [-0.39, 0.29) is 34.6 Å². The van der Waals surface area contributed by atoms with Crippen LogP contribution in [0.2, 0.25) is 5.28 Å². The monoisotopic (exact) mass is 756 g/mol. The molecule has 0 unspecified atom stereocenters. The van der Waals surface area contributed by atoms with Crippen molar-refractivity contribution in [3.63, 3.8) is 0 Å². The molecule has 15 heteroatoms. The minimum atomic E-state index is -0.609. The Morgan fingerprint density at radius 2 is 1.15 bits per heavy atom. The lowest BCUT2D eigenvalue weighted by molar-refractivity contribution is -0.155. The summed E-state index contributed by atoms with van der Waals surface area (Å²) in [6.07, 6.45) is -0.241. The molecule has 53 heavy (non-hydrogen) atoms. The number of esters is 2. The molecule has 0 spiro atoms. The van der Waals surface area contributed by atoms with Gasteiger partial charge in [-0.15, -0.1) is 0 Å². The highest BCUT2D eigenvalue weighted by atomic mass is 35.5. The van der Waals surface area contributed by atoms with Crippen molar-refractivity contribution in [2.75, 3.05) is 71.4 Å². The zero-order valence-electron chi connectivity index (χ0n) is 31.9. The van der Waals surface area contributed by atoms with Crippen molar-refractivity contribution < 1.29 is 27.8 Å². The van der Waals surface area contributed by atoms with Gasteiger partial charge in [-0.1, -0.05) is 12.1 Å². The number of carbonyl (C=O) groups is 2. The number of anilines is 1. The van der Waals surface area contributed by atoms with Crippen molar-refractivity contribution in [2.45, 2.75) is 65.6 Å². The van der Waals surface area contributed by atoms with Gasteiger partial charge >= 0.3 is 11.9 Å². The van der Waals surface area contributed by atoms with Crippen molar-refractivity contribution in [3.05, 3.63) is 64.7 Å². The van der Waals surface area contributed by atoms with Gasteiger partial charge in [0.1, 0.15) is 22.8 Å². The molecular formula is C38H51ClF2N8O4. The van der Waals surface area contributed by atoms with Crippen molar-refractivity contribution in [2.24, 2.45) is 0 Å². The van der Waals surface area contributed by atoms with E-state index < -0.39 is 34.8 Å². The number of fused-ring (bicyclic) bond motifs is 2. The molecule has 2 aromatic heterocycles. The van der Waals surface area contributed by atoms with Gasteiger partial charge in [-0.05, 0) is 91.5 Å². The molecule has 1 N–H and O–H groups in total. The van der Waals surface area contributed by atoms with Crippen LogP contribution in [-0.2, 0) is 31.9 Å². The molecule has 2 aliphatic rings. The average Bonchev–Trinajstić information content (AvgIpc) is 3.04. The lowest BCUT2D eigenvalue weighted by Crippen LogP contribution is -2.45. The van der Waals surface area contributed by atoms with Crippen LogP contribution in [0.5, 0.6) is 0 Å². The second-order valence-electron chi connectivity index (χ2n) is 15.0. The fraction of sp³-hybridized carbons (Fsp3) is 0.526. The molecule has 0 radical (unpaired) electrons. The summed E-state index contributed by atoms with van der Waals surface area (Å²) in [5.74, 6) is -1.29. The smallest absolute Gasteiger partial charge is 0.312 e. The minimum absolute atomic E-state index is 0.0262. The number of rotatable bonds is 5. The Kier molecular flexibility index (Phi) is 14.4. The predicted molar refractivity (Wildman–Crippen MR) is 203 cm³/mol. The van der Waals surface area contributed by atoms with Crippen LogP contribution in [-0.4, -0.2) is 119 Å². The zero-order valence-corrected chi connectivity index (χ0v) is 32.7. The van der Waals surface area contributed by atoms with Crippen molar-refractivity contribution >= 4 is 51.3 Å². The van der Waals surface area contributed by atoms with E-state index in [1.54, 1.807) is 59.7 Å². The van der Waals surface area contributed by atoms with Crippen LogP contribution >= 0.6 is 11.6 Å². The third kappa shape index (κ3) is 13.1. The summed E-state index contributed by atoms with van der Waals surface area (Å²) in [6.45, 7) is 18.8. The number of likely N-dealkylation sites (N-methyl/N-ethyl adjacent to an activating group) is 2. The molecule has 2 aromatic carbocycles. The maximum absolute atomic E-state index is 14.4. The standard InChI is InChI=1S/C19H25FN4O2.C14H14ClFN2O2.C5H12N2/c1-19(2,3)26-16(25)12-15-17-13(20)6-5-7-14(17)21-18(22-15)24-10-8-23(4)9-11-24;1-14(2,3)20-11(19)7-10-12-8(16)5-4-6-9(12)17-13(15)18-10;1-7-4-2-6-3-5-7/h5-7H,8-12H2,1-4H3;4-6H,7H2,1-3H3;6H,2-5H2,1H3. The van der Waals surface area contributed by atoms with E-state index >= 15 is 0 Å². The fourth-order valence-electron chi connectivity index (χ4n) is 5.59. The molecule has 2 aliphatic heterocycles. The molecule has 0 atom stereocenters. The maximum atomic E-state index is 14.4. The third-order valence-electron chi connectivity index (χ3n) is 8.05. The molecule has 12 nitrogen and oxygen atoms in total. The number of benzene rings is 2. The van der Waals surface area contributed by atoms with Crippen molar-refractivity contribution in [1.29, 1.82) is 0 Å². The number of nitrogens with zero attached hydrogens (tertiary/aromatic N) is 7. The van der Waals surface area contributed by atoms with E-state index in [0.717, 1.165) is 39.3 Å². The van der Waals surface area contributed by atoms with Crippen LogP contribution in [0.25, 0.3) is 21.8 Å². The molecule has 0 amide bonds. The summed E-state index contributed by atoms with van der Waals surface area (Å²) in [5.41, 5.74) is 0.265. The Morgan fingerprint density at radius 1 is 0.698 bits per heavy atom. The van der Waals surface area contributed by atoms with Gasteiger partial charge in [-0.3, -0.25) is 9.59 Å². The summed E-state index contributed by atoms with van der Waals surface area (Å²) in [6, 6.07) is 9.16. The number of hydrogen-bond donors (Lipinski definition) is 1. The van der Waals surface area contributed by atoms with Gasteiger partial charge in [0.25, 0.3) is 0 Å². The van der Waals surface area contributed by atoms with Gasteiger partial charge in [0.2, 0.25) is 11.2 Å². The first-order valence-corrected chi connectivity index (χ1v) is 18.1. The number of hydrogen-bond acceptors (Lipinski definition) is 12. The van der Waals surface area contributed by atoms with Crippen LogP contribution in [0.4, 0.5) is 14.7 Å². The SMILES string of the molecule is CC(C)(C)OC(=O)Cc1nc(Cl)nc2cccc(F)c12.CN1CCN(c2nc(CC(=O)OC(C)(C)C)c3c(F)cccc3n2)CC1.CN1CCNCC1. The zero-order chi connectivity index (χ0) is 38.9. The summed E-state index contributed by atoms with van der Waals surface area (Å²) in [7, 11) is 4.22. The molecule has 2 saturated heterocycles. The lowest BCUT2D eigenvalue weighted by Gasteiger charge is -2.32. The second kappa shape index (κ2) is 18.3. The molecule has 288 valence electrons. The van der Waals surface area contributed by atoms with E-state index in [0.29, 0.717) is 22.7 Å². The van der Waals surface area contributed by atoms with E-state index in [4.69, 9.17) is 21.1 Å². The van der Waals surface area contributed by atoms with Crippen LogP contribution in [0.15, 0.2) is 36.4 Å². The molecule has 0 bridgehead atoms. The highest BCUT2D eigenvalue weighted by Gasteiger charge is 2.24. The number of nitrogens with one attached hydrogen (secondary N) is 1. The van der Waals surface area contributed by atoms with Crippen LogP contribution in [0.3, 0.4) is 0 Å². The van der Waals surface area contributed by atoms with Crippen LogP contribution < -0.4 is 10.2 Å². The van der Waals surface area contributed by atoms with Crippen molar-refractivity contribution in [3.8, 4) is 0 Å². The summed E-state index contributed by atoms with van der Waals surface area (Å²) < 4.78 is 38.9. The summed E-state index contributed by atoms with van der Waals surface area (Å²) in [4.78, 5) is 47.7. The number of piperazine rings is 2. The van der Waals surface area contributed by atoms with Gasteiger partial charge in [0, 0.05) is 52.4 Å². The second-order valence-corrected chi connectivity index (χ2v) is 15.4. The highest BCUT2D eigenvalue weighted by Crippen LogP contribution is 2.25. The Balaban J connectivity index is 0.000000204. The Labute approximate surface area is 315 Å². The molecule has 0 saturated carbocycles. The van der Waals surface area contributed by atoms with Gasteiger partial charge in [-0.2, -0.15) is 0 Å². The summed E-state index contributed by atoms with van der Waals surface area (Å²) >= 11 is 5.80. The molecule has 4 aromatic rings. The topological polar surface area (TPSA) is 126 Å². The first-order valence-electron chi connectivity index (χ1n) is 17.7. The number of aromatic nitrogens is 4. The minimum Gasteiger partial charge on any atom is -0.460 e. The number of carbonyl (C=O) groups excluding carboxylic acids is 2. The fourth-order valence-corrected chi connectivity index (χ4v) is 5.79. The predicted octanol–water partition coefficient (Wildman–Crippen LogP) is 5.23. The highest BCUT2D eigenvalue weighted by molar-refractivity contribution is 6.28. The van der Waals surface area contributed by atoms with E-state index in [1.807, 2.05) is 0 Å². The van der Waals surface area contributed by atoms with Gasteiger partial charge < -0.3 is 29.5 Å². The number of ether oxygens (including phenoxy) is 2. The first kappa shape index (κ1) is 41.6. The van der Waals surface area contributed by atoms with Gasteiger partial charge in [0.05, 0.1) is 46.0 Å². The molecule has 6 rings (SSSR count). The van der Waals surface area contributed by atoms with E-state index in [2.05, 4.69) is 54.0 Å². The molecule has 2 fully saturated rings. The molecular weight excluding hydrogens is 706 g/mol. The average molecular weight is 757 g/mol. The quantitative estimate of drug-likeness (QED) is 0.212. The first-order chi connectivity index (χ1) is 24.9. The van der Waals surface area contributed by atoms with Crippen LogP contribution in [0, 0.1) is 11.6 Å². The van der Waals surface area contributed by atoms with Gasteiger partial charge in [0.15, 0.2) is 0 Å². The van der Waals surface area contributed by atoms with Crippen LogP contribution in [0.1, 0.15) is 52.9 Å². The maximum Gasteiger partial charge on any atom is 0.312 e. The number of halogens is 3. The largest absolute Gasteiger partial charge is 0.460 e. The Hall–Kier alpha value is -4.11. The normalized spacial score (nSPS) is 15.6. The lowest BCUT2D eigenvalue weighted by atomic mass is 10.1. The van der Waals surface area contributed by atoms with E-state index in [1.165, 1.54) is 31.3 Å². The Morgan fingerprint density at radius 3 is 1.60 bits per heavy atom. The summed E-state index contributed by atoms with van der Waals surface area (Å²) in [5, 5.41) is 3.73. The molecule has 4 heterocycles. The van der Waals surface area contributed by atoms with E-state index in [9.17, 15) is 18.4 Å². The third-order valence-corrected chi connectivity index (χ3v) is 8.22.